The van der Waals surface area contributed by atoms with Gasteiger partial charge in [0.15, 0.2) is 5.69 Å². The van der Waals surface area contributed by atoms with Crippen LogP contribution in [0.15, 0.2) is 6.07 Å². The van der Waals surface area contributed by atoms with Crippen molar-refractivity contribution >= 4 is 15.9 Å². The minimum absolute atomic E-state index is 0.0503. The number of aromatic amines is 1. The van der Waals surface area contributed by atoms with E-state index in [1.165, 1.54) is 0 Å². The van der Waals surface area contributed by atoms with Gasteiger partial charge < -0.3 is 4.74 Å². The van der Waals surface area contributed by atoms with Gasteiger partial charge in [0.1, 0.15) is 0 Å². The number of rotatable bonds is 5. The van der Waals surface area contributed by atoms with Crippen LogP contribution >= 0.6 is 0 Å². The average molecular weight is 301 g/mol. The van der Waals surface area contributed by atoms with Crippen molar-refractivity contribution in [3.05, 3.63) is 17.5 Å². The van der Waals surface area contributed by atoms with Crippen molar-refractivity contribution in [2.45, 2.75) is 26.2 Å². The van der Waals surface area contributed by atoms with Crippen molar-refractivity contribution in [3.63, 3.8) is 0 Å². The Kier molecular flexibility index (Phi) is 4.44. The summed E-state index contributed by atoms with van der Waals surface area (Å²) in [6, 6.07) is 1.56. The van der Waals surface area contributed by atoms with E-state index in [1.807, 2.05) is 18.6 Å². The van der Waals surface area contributed by atoms with E-state index in [2.05, 4.69) is 10.2 Å². The van der Waals surface area contributed by atoms with E-state index in [0.29, 0.717) is 19.6 Å². The van der Waals surface area contributed by atoms with Crippen LogP contribution in [0.5, 0.6) is 0 Å². The lowest BCUT2D eigenvalue weighted by Gasteiger charge is -2.09. The van der Waals surface area contributed by atoms with Crippen LogP contribution in [0.3, 0.4) is 0 Å². The fourth-order valence-corrected chi connectivity index (χ4v) is 3.36. The van der Waals surface area contributed by atoms with Crippen LogP contribution in [0, 0.1) is 5.92 Å². The molecular formula is C12H19N3O4S. The number of ether oxygens (including phenoxy) is 1. The van der Waals surface area contributed by atoms with E-state index in [-0.39, 0.29) is 23.3 Å². The highest BCUT2D eigenvalue weighted by molar-refractivity contribution is 7.90. The highest BCUT2D eigenvalue weighted by atomic mass is 32.2. The lowest BCUT2D eigenvalue weighted by molar-refractivity contribution is 0.0976. The number of nitrogens with one attached hydrogen (secondary N) is 2. The third-order valence-corrected chi connectivity index (χ3v) is 4.59. The maximum atomic E-state index is 11.9. The Bertz CT molecular complexity index is 573. The maximum Gasteiger partial charge on any atom is 0.285 e. The molecule has 2 heterocycles. The zero-order valence-electron chi connectivity index (χ0n) is 11.5. The molecule has 1 aromatic heterocycles. The number of hydrogen-bond donors (Lipinski definition) is 2. The lowest BCUT2D eigenvalue weighted by atomic mass is 10.1. The molecule has 0 spiro atoms. The van der Waals surface area contributed by atoms with Gasteiger partial charge in [-0.1, -0.05) is 13.8 Å². The van der Waals surface area contributed by atoms with Crippen LogP contribution in [0.25, 0.3) is 0 Å². The van der Waals surface area contributed by atoms with Crippen molar-refractivity contribution in [2.24, 2.45) is 5.92 Å². The van der Waals surface area contributed by atoms with Crippen molar-refractivity contribution < 1.29 is 17.9 Å². The Morgan fingerprint density at radius 2 is 2.35 bits per heavy atom. The molecule has 2 rings (SSSR count). The summed E-state index contributed by atoms with van der Waals surface area (Å²) in [6.07, 6.45) is 0.703. The molecule has 20 heavy (non-hydrogen) atoms. The van der Waals surface area contributed by atoms with E-state index in [0.717, 1.165) is 5.69 Å². The van der Waals surface area contributed by atoms with E-state index >= 15 is 0 Å². The standard InChI is InChI=1S/C12H19N3O4S/c1-8(2)10-5-11(14-13-10)12(16)15-20(17,18)7-9-3-4-19-6-9/h5,8-9H,3-4,6-7H2,1-2H3,(H,13,14)(H,15,16)/t9-/m0/s1. The zero-order chi connectivity index (χ0) is 14.8. The molecule has 0 radical (unpaired) electrons. The minimum Gasteiger partial charge on any atom is -0.381 e. The van der Waals surface area contributed by atoms with Crippen molar-refractivity contribution in [1.29, 1.82) is 0 Å². The zero-order valence-corrected chi connectivity index (χ0v) is 12.4. The van der Waals surface area contributed by atoms with Gasteiger partial charge in [-0.2, -0.15) is 5.10 Å². The summed E-state index contributed by atoms with van der Waals surface area (Å²) in [5, 5.41) is 6.55. The van der Waals surface area contributed by atoms with E-state index < -0.39 is 15.9 Å². The van der Waals surface area contributed by atoms with Gasteiger partial charge in [0.25, 0.3) is 5.91 Å². The summed E-state index contributed by atoms with van der Waals surface area (Å²) in [5.41, 5.74) is 0.872. The van der Waals surface area contributed by atoms with Gasteiger partial charge in [0, 0.05) is 18.2 Å². The molecule has 0 unspecified atom stereocenters. The first-order valence-corrected chi connectivity index (χ1v) is 8.20. The number of carbonyl (C=O) groups excluding carboxylic acids is 1. The Morgan fingerprint density at radius 3 is 2.90 bits per heavy atom. The van der Waals surface area contributed by atoms with Gasteiger partial charge in [-0.05, 0) is 18.4 Å². The van der Waals surface area contributed by atoms with Gasteiger partial charge in [-0.15, -0.1) is 0 Å². The summed E-state index contributed by atoms with van der Waals surface area (Å²) in [7, 11) is -3.66. The molecule has 0 aliphatic carbocycles. The Morgan fingerprint density at radius 1 is 1.60 bits per heavy atom. The minimum atomic E-state index is -3.66. The second-order valence-corrected chi connectivity index (χ2v) is 7.07. The number of amides is 1. The average Bonchev–Trinajstić information content (AvgIpc) is 2.96. The summed E-state index contributed by atoms with van der Waals surface area (Å²) in [4.78, 5) is 11.9. The SMILES string of the molecule is CC(C)c1cc(C(=O)NS(=O)(=O)C[C@H]2CCOC2)n[nH]1. The van der Waals surface area contributed by atoms with E-state index in [4.69, 9.17) is 4.74 Å². The molecule has 1 fully saturated rings. The third kappa shape index (κ3) is 3.80. The molecular weight excluding hydrogens is 282 g/mol. The summed E-state index contributed by atoms with van der Waals surface area (Å²) < 4.78 is 30.9. The molecule has 0 saturated carbocycles. The fourth-order valence-electron chi connectivity index (χ4n) is 2.01. The van der Waals surface area contributed by atoms with Crippen LogP contribution in [0.1, 0.15) is 42.4 Å². The first-order chi connectivity index (χ1) is 9.37. The second-order valence-electron chi connectivity index (χ2n) is 5.31. The quantitative estimate of drug-likeness (QED) is 0.830. The van der Waals surface area contributed by atoms with Crippen molar-refractivity contribution in [3.8, 4) is 0 Å². The Labute approximate surface area is 118 Å². The van der Waals surface area contributed by atoms with Crippen LogP contribution in [0.2, 0.25) is 0 Å². The lowest BCUT2D eigenvalue weighted by Crippen LogP contribution is -2.35. The van der Waals surface area contributed by atoms with Crippen LogP contribution in [-0.4, -0.2) is 43.5 Å². The second kappa shape index (κ2) is 5.92. The number of sulfonamides is 1. The smallest absolute Gasteiger partial charge is 0.285 e. The predicted molar refractivity (Wildman–Crippen MR) is 72.9 cm³/mol. The molecule has 7 nitrogen and oxygen atoms in total. The van der Waals surface area contributed by atoms with Crippen molar-refractivity contribution in [1.82, 2.24) is 14.9 Å². The highest BCUT2D eigenvalue weighted by Gasteiger charge is 2.25. The summed E-state index contributed by atoms with van der Waals surface area (Å²) in [6.45, 7) is 4.90. The first-order valence-electron chi connectivity index (χ1n) is 6.55. The van der Waals surface area contributed by atoms with E-state index in [1.54, 1.807) is 6.07 Å². The molecule has 1 atom stereocenters. The Hall–Kier alpha value is -1.41. The van der Waals surface area contributed by atoms with Crippen LogP contribution < -0.4 is 4.72 Å². The molecule has 1 aromatic rings. The fraction of sp³-hybridized carbons (Fsp3) is 0.667. The van der Waals surface area contributed by atoms with Crippen molar-refractivity contribution in [2.75, 3.05) is 19.0 Å². The number of hydrogen-bond acceptors (Lipinski definition) is 5. The van der Waals surface area contributed by atoms with E-state index in [9.17, 15) is 13.2 Å². The van der Waals surface area contributed by atoms with Gasteiger partial charge in [0.05, 0.1) is 12.4 Å². The molecule has 0 bridgehead atoms. The molecule has 1 amide bonds. The topological polar surface area (TPSA) is 101 Å². The number of nitrogens with zero attached hydrogens (tertiary/aromatic N) is 1. The molecule has 0 aromatic carbocycles. The van der Waals surface area contributed by atoms with Gasteiger partial charge in [-0.3, -0.25) is 9.89 Å². The molecule has 2 N–H and O–H groups in total. The first kappa shape index (κ1) is 15.0. The number of carbonyl (C=O) groups is 1. The van der Waals surface area contributed by atoms with Gasteiger partial charge in [0.2, 0.25) is 10.0 Å². The monoisotopic (exact) mass is 301 g/mol. The van der Waals surface area contributed by atoms with Gasteiger partial charge in [-0.25, -0.2) is 13.1 Å². The molecule has 8 heteroatoms. The van der Waals surface area contributed by atoms with Gasteiger partial charge >= 0.3 is 0 Å². The molecule has 1 saturated heterocycles. The number of H-pyrrole nitrogens is 1. The molecule has 1 aliphatic rings. The Balaban J connectivity index is 1.98. The molecule has 112 valence electrons. The van der Waals surface area contributed by atoms with Crippen LogP contribution in [0.4, 0.5) is 0 Å². The predicted octanol–water partition coefficient (Wildman–Crippen LogP) is 0.629. The largest absolute Gasteiger partial charge is 0.381 e. The highest BCUT2D eigenvalue weighted by Crippen LogP contribution is 2.15. The van der Waals surface area contributed by atoms with Crippen LogP contribution in [-0.2, 0) is 14.8 Å². The number of aromatic nitrogens is 2. The third-order valence-electron chi connectivity index (χ3n) is 3.18. The summed E-state index contributed by atoms with van der Waals surface area (Å²) in [5.74, 6) is -0.658. The maximum absolute atomic E-state index is 11.9. The normalized spacial score (nSPS) is 19.4. The molecule has 1 aliphatic heterocycles. The summed E-state index contributed by atoms with van der Waals surface area (Å²) >= 11 is 0.